The maximum absolute atomic E-state index is 4.41. The minimum atomic E-state index is 0.820. The molecular weight excluding hydrogens is 272 g/mol. The van der Waals surface area contributed by atoms with Gasteiger partial charge in [-0.2, -0.15) is 0 Å². The van der Waals surface area contributed by atoms with Crippen molar-refractivity contribution in [1.29, 1.82) is 0 Å². The molecule has 0 amide bonds. The van der Waals surface area contributed by atoms with Gasteiger partial charge in [0.1, 0.15) is 4.60 Å². The zero-order valence-electron chi connectivity index (χ0n) is 8.40. The smallest absolute Gasteiger partial charge is 0.117 e. The fourth-order valence-corrected chi connectivity index (χ4v) is 2.57. The molecule has 0 saturated heterocycles. The van der Waals surface area contributed by atoms with E-state index >= 15 is 0 Å². The molecule has 78 valence electrons. The molecule has 15 heavy (non-hydrogen) atoms. The van der Waals surface area contributed by atoms with Crippen LogP contribution in [0.1, 0.15) is 23.2 Å². The van der Waals surface area contributed by atoms with Crippen molar-refractivity contribution >= 4 is 27.3 Å². The number of nitrogens with zero attached hydrogens (tertiary/aromatic N) is 2. The van der Waals surface area contributed by atoms with Crippen LogP contribution in [-0.2, 0) is 12.8 Å². The molecule has 0 bridgehead atoms. The van der Waals surface area contributed by atoms with Crippen molar-refractivity contribution in [2.24, 2.45) is 0 Å². The van der Waals surface area contributed by atoms with Gasteiger partial charge in [-0.1, -0.05) is 13.0 Å². The molecule has 0 radical (unpaired) electrons. The van der Waals surface area contributed by atoms with Gasteiger partial charge in [-0.05, 0) is 34.0 Å². The minimum Gasteiger partial charge on any atom is -0.261 e. The molecule has 0 unspecified atom stereocenters. The van der Waals surface area contributed by atoms with Gasteiger partial charge in [0, 0.05) is 23.7 Å². The first-order valence-corrected chi connectivity index (χ1v) is 6.49. The van der Waals surface area contributed by atoms with E-state index in [1.165, 1.54) is 5.56 Å². The Labute approximate surface area is 102 Å². The maximum atomic E-state index is 4.41. The third-order valence-electron chi connectivity index (χ3n) is 2.15. The second-order valence-electron chi connectivity index (χ2n) is 3.25. The summed E-state index contributed by atoms with van der Waals surface area (Å²) in [4.78, 5) is 8.75. The van der Waals surface area contributed by atoms with E-state index in [0.717, 1.165) is 28.1 Å². The van der Waals surface area contributed by atoms with Gasteiger partial charge in [0.05, 0.1) is 5.01 Å². The van der Waals surface area contributed by atoms with Gasteiger partial charge in [0.15, 0.2) is 0 Å². The molecule has 2 rings (SSSR count). The van der Waals surface area contributed by atoms with Gasteiger partial charge in [0.2, 0.25) is 0 Å². The average molecular weight is 283 g/mol. The first-order valence-electron chi connectivity index (χ1n) is 4.81. The molecule has 0 aliphatic rings. The van der Waals surface area contributed by atoms with E-state index in [-0.39, 0.29) is 0 Å². The number of rotatable bonds is 3. The Balaban J connectivity index is 2.11. The Bertz CT molecular complexity index is 436. The van der Waals surface area contributed by atoms with E-state index in [4.69, 9.17) is 0 Å². The maximum Gasteiger partial charge on any atom is 0.117 e. The van der Waals surface area contributed by atoms with Crippen LogP contribution in [0.25, 0.3) is 0 Å². The van der Waals surface area contributed by atoms with Gasteiger partial charge >= 0.3 is 0 Å². The second-order valence-corrected chi connectivity index (χ2v) is 5.01. The van der Waals surface area contributed by atoms with Crippen LogP contribution in [0.15, 0.2) is 28.3 Å². The molecule has 0 saturated carbocycles. The van der Waals surface area contributed by atoms with Crippen molar-refractivity contribution in [3.63, 3.8) is 0 Å². The molecule has 2 aromatic rings. The van der Waals surface area contributed by atoms with Gasteiger partial charge in [-0.3, -0.25) is 4.98 Å². The van der Waals surface area contributed by atoms with Gasteiger partial charge in [0.25, 0.3) is 0 Å². The summed E-state index contributed by atoms with van der Waals surface area (Å²) in [6, 6.07) is 4.21. The summed E-state index contributed by atoms with van der Waals surface area (Å²) in [5.41, 5.74) is 2.35. The molecule has 2 heterocycles. The van der Waals surface area contributed by atoms with Gasteiger partial charge < -0.3 is 0 Å². The molecule has 0 aliphatic heterocycles. The molecule has 4 heteroatoms. The Hall–Kier alpha value is -0.740. The van der Waals surface area contributed by atoms with Crippen LogP contribution in [-0.4, -0.2) is 9.97 Å². The summed E-state index contributed by atoms with van der Waals surface area (Å²) in [6.45, 7) is 2.13. The highest BCUT2D eigenvalue weighted by Gasteiger charge is 2.02. The van der Waals surface area contributed by atoms with Gasteiger partial charge in [-0.15, -0.1) is 11.3 Å². The highest BCUT2D eigenvalue weighted by Crippen LogP contribution is 2.17. The summed E-state index contributed by atoms with van der Waals surface area (Å²) in [6.07, 6.45) is 3.80. The van der Waals surface area contributed by atoms with E-state index < -0.39 is 0 Å². The molecule has 0 aromatic carbocycles. The van der Waals surface area contributed by atoms with Crippen LogP contribution in [0.4, 0.5) is 0 Å². The normalized spacial score (nSPS) is 10.5. The number of thiazole rings is 1. The lowest BCUT2D eigenvalue weighted by molar-refractivity contribution is 1.01. The van der Waals surface area contributed by atoms with Crippen LogP contribution < -0.4 is 0 Å². The standard InChI is InChI=1S/C11H11BrN2S/c1-2-8-3-4-9(13-6-8)5-11-14-10(12)7-15-11/h3-4,6-7H,2,5H2,1H3. The Morgan fingerprint density at radius 3 is 2.80 bits per heavy atom. The summed E-state index contributed by atoms with van der Waals surface area (Å²) >= 11 is 5.00. The molecule has 0 N–H and O–H groups in total. The summed E-state index contributed by atoms with van der Waals surface area (Å²) in [5.74, 6) is 0. The van der Waals surface area contributed by atoms with E-state index in [2.05, 4.69) is 45.0 Å². The average Bonchev–Trinajstić information content (AvgIpc) is 2.65. The first kappa shape index (κ1) is 10.8. The van der Waals surface area contributed by atoms with E-state index in [9.17, 15) is 0 Å². The monoisotopic (exact) mass is 282 g/mol. The first-order chi connectivity index (χ1) is 7.28. The van der Waals surface area contributed by atoms with E-state index in [1.54, 1.807) is 11.3 Å². The zero-order chi connectivity index (χ0) is 10.7. The van der Waals surface area contributed by atoms with Crippen molar-refractivity contribution in [3.8, 4) is 0 Å². The molecule has 2 nitrogen and oxygen atoms in total. The van der Waals surface area contributed by atoms with Crippen LogP contribution in [0, 0.1) is 0 Å². The van der Waals surface area contributed by atoms with Crippen molar-refractivity contribution in [2.75, 3.05) is 0 Å². The number of aryl methyl sites for hydroxylation is 1. The summed E-state index contributed by atoms with van der Waals surface area (Å²) in [5, 5.41) is 3.09. The predicted molar refractivity (Wildman–Crippen MR) is 66.2 cm³/mol. The van der Waals surface area contributed by atoms with Crippen molar-refractivity contribution in [2.45, 2.75) is 19.8 Å². The van der Waals surface area contributed by atoms with Crippen LogP contribution >= 0.6 is 27.3 Å². The Kier molecular flexibility index (Phi) is 3.49. The lowest BCUT2D eigenvalue weighted by Gasteiger charge is -1.99. The van der Waals surface area contributed by atoms with Crippen molar-refractivity contribution in [1.82, 2.24) is 9.97 Å². The SMILES string of the molecule is CCc1ccc(Cc2nc(Br)cs2)nc1. The zero-order valence-corrected chi connectivity index (χ0v) is 10.8. The van der Waals surface area contributed by atoms with Gasteiger partial charge in [-0.25, -0.2) is 4.98 Å². The second kappa shape index (κ2) is 4.86. The fourth-order valence-electron chi connectivity index (χ4n) is 1.29. The van der Waals surface area contributed by atoms with Crippen molar-refractivity contribution < 1.29 is 0 Å². The van der Waals surface area contributed by atoms with Crippen LogP contribution in [0.2, 0.25) is 0 Å². The van der Waals surface area contributed by atoms with E-state index in [1.807, 2.05) is 11.6 Å². The molecule has 2 aromatic heterocycles. The number of hydrogen-bond acceptors (Lipinski definition) is 3. The summed E-state index contributed by atoms with van der Waals surface area (Å²) < 4.78 is 0.910. The minimum absolute atomic E-state index is 0.820. The molecular formula is C11H11BrN2S. The predicted octanol–water partition coefficient (Wildman–Crippen LogP) is 3.45. The third-order valence-corrected chi connectivity index (χ3v) is 3.71. The highest BCUT2D eigenvalue weighted by atomic mass is 79.9. The summed E-state index contributed by atoms with van der Waals surface area (Å²) in [7, 11) is 0. The molecule has 0 spiro atoms. The fraction of sp³-hybridized carbons (Fsp3) is 0.273. The van der Waals surface area contributed by atoms with Crippen LogP contribution in [0.3, 0.4) is 0 Å². The Morgan fingerprint density at radius 2 is 2.27 bits per heavy atom. The number of halogens is 1. The molecule has 0 atom stereocenters. The highest BCUT2D eigenvalue weighted by molar-refractivity contribution is 9.10. The number of pyridine rings is 1. The van der Waals surface area contributed by atoms with Crippen molar-refractivity contribution in [3.05, 3.63) is 44.6 Å². The van der Waals surface area contributed by atoms with Crippen LogP contribution in [0.5, 0.6) is 0 Å². The lowest BCUT2D eigenvalue weighted by Crippen LogP contribution is -1.92. The quantitative estimate of drug-likeness (QED) is 0.862. The number of hydrogen-bond donors (Lipinski definition) is 0. The number of aromatic nitrogens is 2. The van der Waals surface area contributed by atoms with E-state index in [0.29, 0.717) is 0 Å². The lowest BCUT2D eigenvalue weighted by atomic mass is 10.2. The third kappa shape index (κ3) is 2.86. The Morgan fingerprint density at radius 1 is 1.40 bits per heavy atom. The molecule has 0 fully saturated rings. The largest absolute Gasteiger partial charge is 0.261 e. The topological polar surface area (TPSA) is 25.8 Å². The molecule has 0 aliphatic carbocycles.